The van der Waals surface area contributed by atoms with E-state index < -0.39 is 0 Å². The molecule has 132 valence electrons. The van der Waals surface area contributed by atoms with Crippen molar-refractivity contribution in [1.29, 1.82) is 0 Å². The van der Waals surface area contributed by atoms with Gasteiger partial charge >= 0.3 is 0 Å². The largest absolute Gasteiger partial charge is 0.342 e. The molecule has 2 aromatic heterocycles. The molecule has 1 atom stereocenters. The number of nitrogens with zero attached hydrogens (tertiary/aromatic N) is 4. The van der Waals surface area contributed by atoms with E-state index in [1.807, 2.05) is 17.0 Å². The zero-order valence-corrected chi connectivity index (χ0v) is 14.6. The number of rotatable bonds is 5. The SMILES string of the molecule is Cc1ccc(CCN2CC(c3noc(-c4ccncc4)n3)CC2=O)cc1. The molecule has 1 aromatic carbocycles. The van der Waals surface area contributed by atoms with Crippen LogP contribution < -0.4 is 0 Å². The summed E-state index contributed by atoms with van der Waals surface area (Å²) in [4.78, 5) is 22.7. The van der Waals surface area contributed by atoms with E-state index in [4.69, 9.17) is 4.52 Å². The maximum Gasteiger partial charge on any atom is 0.258 e. The Morgan fingerprint density at radius 3 is 2.69 bits per heavy atom. The zero-order chi connectivity index (χ0) is 17.9. The lowest BCUT2D eigenvalue weighted by atomic mass is 10.1. The second-order valence-electron chi connectivity index (χ2n) is 6.67. The van der Waals surface area contributed by atoms with Gasteiger partial charge in [0.2, 0.25) is 5.91 Å². The fourth-order valence-electron chi connectivity index (χ4n) is 3.19. The molecule has 1 amide bonds. The Balaban J connectivity index is 1.40. The molecular formula is C20H20N4O2. The summed E-state index contributed by atoms with van der Waals surface area (Å²) in [5.74, 6) is 1.20. The van der Waals surface area contributed by atoms with Crippen LogP contribution in [0.4, 0.5) is 0 Å². The molecule has 3 heterocycles. The molecule has 1 fully saturated rings. The molecule has 6 heteroatoms. The first kappa shape index (κ1) is 16.4. The van der Waals surface area contributed by atoms with Crippen LogP contribution in [-0.2, 0) is 11.2 Å². The number of hydrogen-bond acceptors (Lipinski definition) is 5. The Kier molecular flexibility index (Phi) is 4.48. The van der Waals surface area contributed by atoms with Crippen LogP contribution in [0.2, 0.25) is 0 Å². The third-order valence-electron chi connectivity index (χ3n) is 4.74. The van der Waals surface area contributed by atoms with Gasteiger partial charge in [-0.2, -0.15) is 4.98 Å². The minimum Gasteiger partial charge on any atom is -0.342 e. The van der Waals surface area contributed by atoms with E-state index in [1.54, 1.807) is 12.4 Å². The van der Waals surface area contributed by atoms with E-state index in [9.17, 15) is 4.79 Å². The van der Waals surface area contributed by atoms with Crippen LogP contribution in [0.15, 0.2) is 53.3 Å². The van der Waals surface area contributed by atoms with Crippen molar-refractivity contribution in [3.8, 4) is 11.5 Å². The predicted molar refractivity (Wildman–Crippen MR) is 96.4 cm³/mol. The van der Waals surface area contributed by atoms with E-state index in [0.29, 0.717) is 31.2 Å². The summed E-state index contributed by atoms with van der Waals surface area (Å²) in [6.45, 7) is 3.43. The van der Waals surface area contributed by atoms with Gasteiger partial charge in [-0.1, -0.05) is 35.0 Å². The Labute approximate surface area is 151 Å². The molecule has 1 aliphatic rings. The van der Waals surface area contributed by atoms with Crippen LogP contribution in [0.3, 0.4) is 0 Å². The molecule has 0 bridgehead atoms. The minimum absolute atomic E-state index is 0.0140. The number of pyridine rings is 1. The lowest BCUT2D eigenvalue weighted by molar-refractivity contribution is -0.127. The van der Waals surface area contributed by atoms with Crippen LogP contribution >= 0.6 is 0 Å². The van der Waals surface area contributed by atoms with Crippen molar-refractivity contribution in [3.05, 3.63) is 65.7 Å². The van der Waals surface area contributed by atoms with Crippen molar-refractivity contribution in [3.63, 3.8) is 0 Å². The van der Waals surface area contributed by atoms with Gasteiger partial charge < -0.3 is 9.42 Å². The topological polar surface area (TPSA) is 72.1 Å². The molecule has 26 heavy (non-hydrogen) atoms. The number of carbonyl (C=O) groups excluding carboxylic acids is 1. The molecule has 1 saturated heterocycles. The number of amides is 1. The summed E-state index contributed by atoms with van der Waals surface area (Å²) in [5, 5.41) is 4.09. The van der Waals surface area contributed by atoms with Crippen molar-refractivity contribution < 1.29 is 9.32 Å². The summed E-state index contributed by atoms with van der Waals surface area (Å²) in [6, 6.07) is 12.1. The summed E-state index contributed by atoms with van der Waals surface area (Å²) in [7, 11) is 0. The molecule has 0 aliphatic carbocycles. The van der Waals surface area contributed by atoms with Crippen molar-refractivity contribution >= 4 is 5.91 Å². The first-order valence-electron chi connectivity index (χ1n) is 8.76. The predicted octanol–water partition coefficient (Wildman–Crippen LogP) is 3.00. The Morgan fingerprint density at radius 2 is 1.92 bits per heavy atom. The fourth-order valence-corrected chi connectivity index (χ4v) is 3.19. The normalized spacial score (nSPS) is 17.0. The van der Waals surface area contributed by atoms with E-state index in [0.717, 1.165) is 12.0 Å². The van der Waals surface area contributed by atoms with Crippen molar-refractivity contribution in [2.75, 3.05) is 13.1 Å². The van der Waals surface area contributed by atoms with Gasteiger partial charge in [0.25, 0.3) is 5.89 Å². The number of carbonyl (C=O) groups is 1. The van der Waals surface area contributed by atoms with Crippen molar-refractivity contribution in [2.24, 2.45) is 0 Å². The van der Waals surface area contributed by atoms with Gasteiger partial charge in [-0.3, -0.25) is 9.78 Å². The molecule has 0 radical (unpaired) electrons. The summed E-state index contributed by atoms with van der Waals surface area (Å²) >= 11 is 0. The molecule has 6 nitrogen and oxygen atoms in total. The molecule has 0 N–H and O–H groups in total. The van der Waals surface area contributed by atoms with Gasteiger partial charge in [0.1, 0.15) is 0 Å². The second kappa shape index (κ2) is 7.07. The van der Waals surface area contributed by atoms with Gasteiger partial charge in [0.15, 0.2) is 5.82 Å². The first-order chi connectivity index (χ1) is 12.7. The van der Waals surface area contributed by atoms with Crippen LogP contribution in [0, 0.1) is 6.92 Å². The lowest BCUT2D eigenvalue weighted by Gasteiger charge is -2.16. The molecule has 4 rings (SSSR count). The van der Waals surface area contributed by atoms with Gasteiger partial charge in [0.05, 0.1) is 0 Å². The van der Waals surface area contributed by atoms with E-state index >= 15 is 0 Å². The summed E-state index contributed by atoms with van der Waals surface area (Å²) in [5.41, 5.74) is 3.32. The Morgan fingerprint density at radius 1 is 1.15 bits per heavy atom. The number of likely N-dealkylation sites (tertiary alicyclic amines) is 1. The van der Waals surface area contributed by atoms with Gasteiger partial charge in [0, 0.05) is 43.4 Å². The average molecular weight is 348 g/mol. The fraction of sp³-hybridized carbons (Fsp3) is 0.300. The third kappa shape index (κ3) is 3.49. The standard InChI is InChI=1S/C20H20N4O2/c1-14-2-4-15(5-3-14)8-11-24-13-17(12-18(24)25)19-22-20(26-23-19)16-6-9-21-10-7-16/h2-7,9-10,17H,8,11-13H2,1H3. The quantitative estimate of drug-likeness (QED) is 0.709. The van der Waals surface area contributed by atoms with Gasteiger partial charge in [-0.15, -0.1) is 0 Å². The van der Waals surface area contributed by atoms with Gasteiger partial charge in [-0.25, -0.2) is 0 Å². The lowest BCUT2D eigenvalue weighted by Crippen LogP contribution is -2.27. The number of aromatic nitrogens is 3. The maximum atomic E-state index is 12.3. The molecular weight excluding hydrogens is 328 g/mol. The van der Waals surface area contributed by atoms with Crippen molar-refractivity contribution in [2.45, 2.75) is 25.7 Å². The molecule has 3 aromatic rings. The highest BCUT2D eigenvalue weighted by Gasteiger charge is 2.33. The van der Waals surface area contributed by atoms with Crippen molar-refractivity contribution in [1.82, 2.24) is 20.0 Å². The van der Waals surface area contributed by atoms with Crippen LogP contribution in [0.5, 0.6) is 0 Å². The Hall–Kier alpha value is -3.02. The monoisotopic (exact) mass is 348 g/mol. The maximum absolute atomic E-state index is 12.3. The summed E-state index contributed by atoms with van der Waals surface area (Å²) in [6.07, 6.45) is 4.66. The molecule has 0 spiro atoms. The highest BCUT2D eigenvalue weighted by atomic mass is 16.5. The molecule has 1 unspecified atom stereocenters. The summed E-state index contributed by atoms with van der Waals surface area (Å²) < 4.78 is 5.36. The van der Waals surface area contributed by atoms with Crippen LogP contribution in [0.1, 0.15) is 29.3 Å². The van der Waals surface area contributed by atoms with E-state index in [2.05, 4.69) is 46.3 Å². The average Bonchev–Trinajstić information content (AvgIpc) is 3.29. The Bertz CT molecular complexity index is 890. The number of hydrogen-bond donors (Lipinski definition) is 0. The highest BCUT2D eigenvalue weighted by Crippen LogP contribution is 2.28. The number of aryl methyl sites for hydroxylation is 1. The second-order valence-corrected chi connectivity index (χ2v) is 6.67. The minimum atomic E-state index is -0.0140. The van der Waals surface area contributed by atoms with Crippen LogP contribution in [-0.4, -0.2) is 39.0 Å². The van der Waals surface area contributed by atoms with Crippen LogP contribution in [0.25, 0.3) is 11.5 Å². The highest BCUT2D eigenvalue weighted by molar-refractivity contribution is 5.79. The smallest absolute Gasteiger partial charge is 0.258 e. The third-order valence-corrected chi connectivity index (χ3v) is 4.74. The first-order valence-corrected chi connectivity index (χ1v) is 8.76. The number of benzene rings is 1. The zero-order valence-electron chi connectivity index (χ0n) is 14.6. The van der Waals surface area contributed by atoms with Gasteiger partial charge in [-0.05, 0) is 31.0 Å². The van der Waals surface area contributed by atoms with E-state index in [1.165, 1.54) is 11.1 Å². The molecule has 0 saturated carbocycles. The molecule has 1 aliphatic heterocycles. The van der Waals surface area contributed by atoms with E-state index in [-0.39, 0.29) is 11.8 Å².